The number of nitrogens with two attached hydrogens (primary N) is 2. The highest BCUT2D eigenvalue weighted by Gasteiger charge is 2.30. The van der Waals surface area contributed by atoms with Crippen LogP contribution in [0.1, 0.15) is 24.1 Å². The lowest BCUT2D eigenvalue weighted by Gasteiger charge is -2.24. The third-order valence-corrected chi connectivity index (χ3v) is 6.54. The molecule has 40 heavy (non-hydrogen) atoms. The number of thiol groups is 1. The fourth-order valence-corrected chi connectivity index (χ4v) is 4.25. The number of carbonyl (C=O) groups excluding carboxylic acids is 4. The van der Waals surface area contributed by atoms with Gasteiger partial charge in [-0.15, -0.1) is 0 Å². The molecule has 0 fully saturated rings. The summed E-state index contributed by atoms with van der Waals surface area (Å²) in [6, 6.07) is 2.61. The number of H-pyrrole nitrogens is 2. The van der Waals surface area contributed by atoms with Crippen LogP contribution in [0.25, 0.3) is 10.9 Å². The number of hydrogen-bond donors (Lipinski definition) is 9. The van der Waals surface area contributed by atoms with E-state index in [2.05, 4.69) is 43.5 Å². The van der Waals surface area contributed by atoms with E-state index < -0.39 is 53.8 Å². The van der Waals surface area contributed by atoms with Gasteiger partial charge in [0.15, 0.2) is 0 Å². The first-order valence-electron chi connectivity index (χ1n) is 12.4. The van der Waals surface area contributed by atoms with Crippen LogP contribution in [0.3, 0.4) is 0 Å². The molecule has 0 saturated heterocycles. The van der Waals surface area contributed by atoms with E-state index in [0.29, 0.717) is 5.69 Å². The van der Waals surface area contributed by atoms with E-state index in [1.807, 2.05) is 24.3 Å². The quantitative estimate of drug-likeness (QED) is 0.0993. The summed E-state index contributed by atoms with van der Waals surface area (Å²) < 4.78 is 0. The Balaban J connectivity index is 1.75. The van der Waals surface area contributed by atoms with E-state index in [0.717, 1.165) is 16.5 Å². The molecular formula is C25H32N8O6S. The van der Waals surface area contributed by atoms with Gasteiger partial charge in [-0.3, -0.25) is 19.2 Å². The van der Waals surface area contributed by atoms with Gasteiger partial charge in [-0.25, -0.2) is 9.78 Å². The number of para-hydroxylation sites is 1. The van der Waals surface area contributed by atoms with Crippen LogP contribution in [0.5, 0.6) is 0 Å². The number of rotatable bonds is 15. The maximum Gasteiger partial charge on any atom is 0.326 e. The summed E-state index contributed by atoms with van der Waals surface area (Å²) in [5.41, 5.74) is 13.1. The van der Waals surface area contributed by atoms with E-state index in [1.54, 1.807) is 6.20 Å². The Labute approximate surface area is 234 Å². The number of benzene rings is 1. The second kappa shape index (κ2) is 14.1. The zero-order valence-electron chi connectivity index (χ0n) is 21.4. The number of imidazole rings is 1. The molecule has 0 aliphatic carbocycles. The fraction of sp³-hybridized carbons (Fsp3) is 0.360. The van der Waals surface area contributed by atoms with Gasteiger partial charge in [0, 0.05) is 54.0 Å². The van der Waals surface area contributed by atoms with Gasteiger partial charge < -0.3 is 42.5 Å². The van der Waals surface area contributed by atoms with Crippen LogP contribution in [0.15, 0.2) is 43.0 Å². The predicted octanol–water partition coefficient (Wildman–Crippen LogP) is -1.26. The molecule has 4 atom stereocenters. The lowest BCUT2D eigenvalue weighted by molar-refractivity contribution is -0.142. The standard InChI is InChI=1S/C25H32N8O6S/c26-16(5-6-21(27)34)22(35)31-18(7-13-9-29-17-4-2-1-3-15(13)17)23(36)33-20(11-40)24(37)32-19(25(38)39)8-14-10-28-12-30-14/h1-4,9-10,12,16,18-20,29,40H,5-8,11,26H2,(H2,27,34)(H,28,30)(H,31,35)(H,32,37)(H,33,36)(H,38,39). The summed E-state index contributed by atoms with van der Waals surface area (Å²) in [5.74, 6) is -4.22. The molecule has 14 nitrogen and oxygen atoms in total. The molecule has 2 aromatic heterocycles. The number of carboxylic acid groups (broad SMARTS) is 1. The molecular weight excluding hydrogens is 540 g/mol. The van der Waals surface area contributed by atoms with Crippen molar-refractivity contribution in [2.75, 3.05) is 5.75 Å². The minimum absolute atomic E-state index is 0.0167. The highest BCUT2D eigenvalue weighted by Crippen LogP contribution is 2.19. The van der Waals surface area contributed by atoms with Crippen LogP contribution in [-0.4, -0.2) is 79.6 Å². The van der Waals surface area contributed by atoms with Gasteiger partial charge in [0.1, 0.15) is 18.1 Å². The van der Waals surface area contributed by atoms with Gasteiger partial charge in [-0.05, 0) is 18.1 Å². The zero-order valence-corrected chi connectivity index (χ0v) is 22.3. The molecule has 2 heterocycles. The number of primary amides is 1. The Bertz CT molecular complexity index is 1340. The van der Waals surface area contributed by atoms with Crippen LogP contribution in [0.4, 0.5) is 0 Å². The summed E-state index contributed by atoms with van der Waals surface area (Å²) in [5, 5.41) is 17.9. The fourth-order valence-electron chi connectivity index (χ4n) is 3.99. The highest BCUT2D eigenvalue weighted by molar-refractivity contribution is 7.80. The van der Waals surface area contributed by atoms with Crippen molar-refractivity contribution < 1.29 is 29.1 Å². The number of carboxylic acids is 1. The lowest BCUT2D eigenvalue weighted by atomic mass is 10.0. The van der Waals surface area contributed by atoms with Crippen molar-refractivity contribution in [2.45, 2.75) is 49.9 Å². The molecule has 10 N–H and O–H groups in total. The average molecular weight is 573 g/mol. The second-order valence-electron chi connectivity index (χ2n) is 9.16. The first-order valence-corrected chi connectivity index (χ1v) is 13.0. The maximum absolute atomic E-state index is 13.4. The number of hydrogen-bond acceptors (Lipinski definition) is 8. The predicted molar refractivity (Wildman–Crippen MR) is 148 cm³/mol. The van der Waals surface area contributed by atoms with Crippen LogP contribution in [0, 0.1) is 0 Å². The molecule has 0 spiro atoms. The van der Waals surface area contributed by atoms with Crippen molar-refractivity contribution in [1.82, 2.24) is 30.9 Å². The molecule has 4 unspecified atom stereocenters. The number of aromatic nitrogens is 3. The first-order chi connectivity index (χ1) is 19.1. The van der Waals surface area contributed by atoms with Crippen molar-refractivity contribution in [2.24, 2.45) is 11.5 Å². The van der Waals surface area contributed by atoms with Gasteiger partial charge >= 0.3 is 5.97 Å². The maximum atomic E-state index is 13.4. The Kier molecular flexibility index (Phi) is 10.7. The number of nitrogens with zero attached hydrogens (tertiary/aromatic N) is 1. The number of carbonyl (C=O) groups is 5. The molecule has 0 radical (unpaired) electrons. The molecule has 0 aliphatic heterocycles. The third kappa shape index (κ3) is 8.31. The number of fused-ring (bicyclic) bond motifs is 1. The SMILES string of the molecule is NC(=O)CCC(N)C(=O)NC(Cc1c[nH]c2ccccc12)C(=O)NC(CS)C(=O)NC(Cc1cnc[nH]1)C(=O)O. The minimum Gasteiger partial charge on any atom is -0.480 e. The van der Waals surface area contributed by atoms with E-state index in [4.69, 9.17) is 11.5 Å². The smallest absolute Gasteiger partial charge is 0.326 e. The van der Waals surface area contributed by atoms with Crippen molar-refractivity contribution >= 4 is 53.1 Å². The topological polar surface area (TPSA) is 238 Å². The molecule has 3 rings (SSSR count). The van der Waals surface area contributed by atoms with Crippen molar-refractivity contribution in [3.8, 4) is 0 Å². The average Bonchev–Trinajstić information content (AvgIpc) is 3.59. The molecule has 0 saturated carbocycles. The van der Waals surface area contributed by atoms with Crippen LogP contribution < -0.4 is 27.4 Å². The van der Waals surface area contributed by atoms with Gasteiger partial charge in [0.05, 0.1) is 12.4 Å². The molecule has 3 aromatic rings. The second-order valence-corrected chi connectivity index (χ2v) is 9.53. The molecule has 15 heteroatoms. The number of amides is 4. The Morgan fingerprint density at radius 1 is 0.950 bits per heavy atom. The van der Waals surface area contributed by atoms with Crippen molar-refractivity contribution in [3.05, 3.63) is 54.2 Å². The van der Waals surface area contributed by atoms with E-state index in [1.165, 1.54) is 12.5 Å². The largest absolute Gasteiger partial charge is 0.480 e. The van der Waals surface area contributed by atoms with Gasteiger partial charge in [-0.2, -0.15) is 12.6 Å². The molecule has 214 valence electrons. The normalized spacial score (nSPS) is 14.1. The van der Waals surface area contributed by atoms with Gasteiger partial charge in [-0.1, -0.05) is 18.2 Å². The van der Waals surface area contributed by atoms with Gasteiger partial charge in [0.25, 0.3) is 0 Å². The number of nitrogens with one attached hydrogen (secondary N) is 5. The molecule has 4 amide bonds. The lowest BCUT2D eigenvalue weighted by Crippen LogP contribution is -2.58. The monoisotopic (exact) mass is 572 g/mol. The number of aliphatic carboxylic acids is 1. The highest BCUT2D eigenvalue weighted by atomic mass is 32.1. The van der Waals surface area contributed by atoms with Crippen molar-refractivity contribution in [3.63, 3.8) is 0 Å². The summed E-state index contributed by atoms with van der Waals surface area (Å²) in [6.45, 7) is 0. The summed E-state index contributed by atoms with van der Waals surface area (Å²) in [6.07, 6.45) is 4.39. The summed E-state index contributed by atoms with van der Waals surface area (Å²) in [7, 11) is 0. The van der Waals surface area contributed by atoms with Crippen molar-refractivity contribution in [1.29, 1.82) is 0 Å². The third-order valence-electron chi connectivity index (χ3n) is 6.18. The molecule has 0 aliphatic rings. The minimum atomic E-state index is -1.29. The van der Waals surface area contributed by atoms with E-state index in [-0.39, 0.29) is 31.4 Å². The van der Waals surface area contributed by atoms with E-state index >= 15 is 0 Å². The molecule has 0 bridgehead atoms. The van der Waals surface area contributed by atoms with Crippen LogP contribution in [0.2, 0.25) is 0 Å². The Morgan fingerprint density at radius 3 is 2.27 bits per heavy atom. The number of aromatic amines is 2. The van der Waals surface area contributed by atoms with Crippen LogP contribution >= 0.6 is 12.6 Å². The summed E-state index contributed by atoms with van der Waals surface area (Å²) in [4.78, 5) is 71.6. The Morgan fingerprint density at radius 2 is 1.62 bits per heavy atom. The Hall–Kier alpha value is -4.37. The van der Waals surface area contributed by atoms with Crippen LogP contribution in [-0.2, 0) is 36.8 Å². The van der Waals surface area contributed by atoms with E-state index in [9.17, 15) is 29.1 Å². The summed E-state index contributed by atoms with van der Waals surface area (Å²) >= 11 is 4.15. The molecule has 1 aromatic carbocycles. The first kappa shape index (κ1) is 30.2. The zero-order chi connectivity index (χ0) is 29.2. The van der Waals surface area contributed by atoms with Gasteiger partial charge in [0.2, 0.25) is 23.6 Å².